The normalized spacial score (nSPS) is 13.8. The smallest absolute Gasteiger partial charge is 0.138 e. The summed E-state index contributed by atoms with van der Waals surface area (Å²) in [6.45, 7) is 1.85. The van der Waals surface area contributed by atoms with Crippen molar-refractivity contribution >= 4 is 34.7 Å². The summed E-state index contributed by atoms with van der Waals surface area (Å²) in [5.74, 6) is 1.78. The average molecular weight is 319 g/mol. The van der Waals surface area contributed by atoms with Gasteiger partial charge in [-0.2, -0.15) is 5.26 Å². The lowest BCUT2D eigenvalue weighted by Gasteiger charge is -2.12. The minimum atomic E-state index is 0.401. The number of halogens is 2. The molecule has 0 atom stereocenters. The van der Waals surface area contributed by atoms with Crippen LogP contribution in [0.5, 0.6) is 0 Å². The lowest BCUT2D eigenvalue weighted by molar-refractivity contribution is 0.922. The van der Waals surface area contributed by atoms with E-state index in [9.17, 15) is 5.26 Å². The van der Waals surface area contributed by atoms with Crippen molar-refractivity contribution in [3.63, 3.8) is 0 Å². The summed E-state index contributed by atoms with van der Waals surface area (Å²) in [4.78, 5) is 8.86. The molecule has 21 heavy (non-hydrogen) atoms. The van der Waals surface area contributed by atoms with Crippen LogP contribution in [0.3, 0.4) is 0 Å². The van der Waals surface area contributed by atoms with Crippen LogP contribution in [0.15, 0.2) is 18.2 Å². The highest BCUT2D eigenvalue weighted by Crippen LogP contribution is 2.40. The van der Waals surface area contributed by atoms with Crippen LogP contribution in [0.1, 0.15) is 35.7 Å². The van der Waals surface area contributed by atoms with E-state index in [1.54, 1.807) is 18.2 Å². The molecule has 0 amide bonds. The van der Waals surface area contributed by atoms with Crippen molar-refractivity contribution in [3.8, 4) is 6.07 Å². The van der Waals surface area contributed by atoms with Gasteiger partial charge in [0.05, 0.1) is 11.3 Å². The molecular weight excluding hydrogens is 307 g/mol. The molecule has 0 aliphatic heterocycles. The fourth-order valence-corrected chi connectivity index (χ4v) is 2.34. The SMILES string of the molecule is Cc1c(Cl)nc(C2CC2)nc1Nc1cc(Cl)ccc1C#N. The predicted octanol–water partition coefficient (Wildman–Crippen LogP) is 4.58. The molecule has 0 saturated heterocycles. The first-order valence-corrected chi connectivity index (χ1v) is 7.35. The number of aromatic nitrogens is 2. The van der Waals surface area contributed by atoms with Gasteiger partial charge in [-0.15, -0.1) is 0 Å². The maximum Gasteiger partial charge on any atom is 0.138 e. The Morgan fingerprint density at radius 1 is 1.29 bits per heavy atom. The molecular formula is C15H12Cl2N4. The van der Waals surface area contributed by atoms with Gasteiger partial charge in [-0.1, -0.05) is 23.2 Å². The number of hydrogen-bond acceptors (Lipinski definition) is 4. The number of benzene rings is 1. The Kier molecular flexibility index (Phi) is 3.71. The average Bonchev–Trinajstić information content (AvgIpc) is 3.28. The van der Waals surface area contributed by atoms with Crippen LogP contribution in [0.4, 0.5) is 11.5 Å². The van der Waals surface area contributed by atoms with Crippen LogP contribution in [-0.2, 0) is 0 Å². The Balaban J connectivity index is 2.02. The standard InChI is InChI=1S/C15H12Cl2N4/c1-8-13(17)20-15(9-2-3-9)21-14(8)19-12-6-11(16)5-4-10(12)7-18/h4-6,9H,2-3H2,1H3,(H,19,20,21). The summed E-state index contributed by atoms with van der Waals surface area (Å²) in [5.41, 5.74) is 1.87. The summed E-state index contributed by atoms with van der Waals surface area (Å²) in [5, 5.41) is 13.3. The van der Waals surface area contributed by atoms with Gasteiger partial charge in [-0.25, -0.2) is 9.97 Å². The molecule has 2 aromatic rings. The molecule has 1 fully saturated rings. The topological polar surface area (TPSA) is 61.6 Å². The van der Waals surface area contributed by atoms with Crippen molar-refractivity contribution in [2.45, 2.75) is 25.7 Å². The Labute approximate surface area is 132 Å². The van der Waals surface area contributed by atoms with Crippen molar-refractivity contribution in [3.05, 3.63) is 45.3 Å². The van der Waals surface area contributed by atoms with E-state index >= 15 is 0 Å². The molecule has 0 bridgehead atoms. The molecule has 0 spiro atoms. The van der Waals surface area contributed by atoms with Crippen LogP contribution in [0.2, 0.25) is 10.2 Å². The number of nitrogens with zero attached hydrogens (tertiary/aromatic N) is 3. The number of hydrogen-bond donors (Lipinski definition) is 1. The first kappa shape index (κ1) is 14.1. The van der Waals surface area contributed by atoms with Crippen LogP contribution >= 0.6 is 23.2 Å². The lowest BCUT2D eigenvalue weighted by atomic mass is 10.2. The fourth-order valence-electron chi connectivity index (χ4n) is 2.00. The van der Waals surface area contributed by atoms with Gasteiger partial charge in [0.1, 0.15) is 22.9 Å². The van der Waals surface area contributed by atoms with E-state index in [1.165, 1.54) is 0 Å². The van der Waals surface area contributed by atoms with Gasteiger partial charge in [-0.3, -0.25) is 0 Å². The molecule has 1 heterocycles. The van der Waals surface area contributed by atoms with Crippen LogP contribution in [0.25, 0.3) is 0 Å². The zero-order valence-electron chi connectivity index (χ0n) is 11.3. The number of nitriles is 1. The summed E-state index contributed by atoms with van der Waals surface area (Å²) < 4.78 is 0. The summed E-state index contributed by atoms with van der Waals surface area (Å²) in [6.07, 6.45) is 2.19. The predicted molar refractivity (Wildman–Crippen MR) is 83.2 cm³/mol. The van der Waals surface area contributed by atoms with Gasteiger partial charge >= 0.3 is 0 Å². The van der Waals surface area contributed by atoms with Gasteiger partial charge in [0.2, 0.25) is 0 Å². The quantitative estimate of drug-likeness (QED) is 0.841. The van der Waals surface area contributed by atoms with E-state index in [0.717, 1.165) is 24.2 Å². The zero-order chi connectivity index (χ0) is 15.0. The first-order valence-electron chi connectivity index (χ1n) is 6.59. The van der Waals surface area contributed by atoms with Crippen LogP contribution < -0.4 is 5.32 Å². The molecule has 0 unspecified atom stereocenters. The third kappa shape index (κ3) is 2.94. The maximum absolute atomic E-state index is 9.17. The van der Waals surface area contributed by atoms with E-state index in [2.05, 4.69) is 21.4 Å². The van der Waals surface area contributed by atoms with Crippen molar-refractivity contribution < 1.29 is 0 Å². The van der Waals surface area contributed by atoms with Crippen molar-refractivity contribution in [1.82, 2.24) is 9.97 Å². The van der Waals surface area contributed by atoms with Gasteiger partial charge in [0.25, 0.3) is 0 Å². The molecule has 1 aliphatic carbocycles. The molecule has 106 valence electrons. The zero-order valence-corrected chi connectivity index (χ0v) is 12.8. The van der Waals surface area contributed by atoms with Crippen LogP contribution in [-0.4, -0.2) is 9.97 Å². The van der Waals surface area contributed by atoms with Crippen molar-refractivity contribution in [2.24, 2.45) is 0 Å². The van der Waals surface area contributed by atoms with Crippen LogP contribution in [0, 0.1) is 18.3 Å². The van der Waals surface area contributed by atoms with Gasteiger partial charge in [-0.05, 0) is 38.0 Å². The van der Waals surface area contributed by atoms with Crippen molar-refractivity contribution in [1.29, 1.82) is 5.26 Å². The minimum Gasteiger partial charge on any atom is -0.339 e. The second-order valence-electron chi connectivity index (χ2n) is 5.05. The number of nitrogens with one attached hydrogen (secondary N) is 1. The third-order valence-electron chi connectivity index (χ3n) is 3.40. The van der Waals surface area contributed by atoms with Crippen molar-refractivity contribution in [2.75, 3.05) is 5.32 Å². The lowest BCUT2D eigenvalue weighted by Crippen LogP contribution is -2.04. The first-order chi connectivity index (χ1) is 10.1. The molecule has 0 radical (unpaired) electrons. The fraction of sp³-hybridized carbons (Fsp3) is 0.267. The summed E-state index contributed by atoms with van der Waals surface area (Å²) in [7, 11) is 0. The Morgan fingerprint density at radius 3 is 2.71 bits per heavy atom. The largest absolute Gasteiger partial charge is 0.339 e. The number of anilines is 2. The monoisotopic (exact) mass is 318 g/mol. The molecule has 1 N–H and O–H groups in total. The summed E-state index contributed by atoms with van der Waals surface area (Å²) >= 11 is 12.2. The second-order valence-corrected chi connectivity index (χ2v) is 5.84. The highest BCUT2D eigenvalue weighted by molar-refractivity contribution is 6.31. The highest BCUT2D eigenvalue weighted by Gasteiger charge is 2.28. The van der Waals surface area contributed by atoms with E-state index in [-0.39, 0.29) is 0 Å². The molecule has 3 rings (SSSR count). The van der Waals surface area contributed by atoms with E-state index in [1.807, 2.05) is 6.92 Å². The van der Waals surface area contributed by atoms with Gasteiger partial charge in [0, 0.05) is 16.5 Å². The highest BCUT2D eigenvalue weighted by atomic mass is 35.5. The maximum atomic E-state index is 9.17. The van der Waals surface area contributed by atoms with Gasteiger partial charge < -0.3 is 5.32 Å². The summed E-state index contributed by atoms with van der Waals surface area (Å²) in [6, 6.07) is 7.18. The minimum absolute atomic E-state index is 0.401. The van der Waals surface area contributed by atoms with Gasteiger partial charge in [0.15, 0.2) is 0 Å². The van der Waals surface area contributed by atoms with E-state index in [4.69, 9.17) is 23.2 Å². The van der Waals surface area contributed by atoms with E-state index in [0.29, 0.717) is 33.2 Å². The molecule has 6 heteroatoms. The molecule has 1 aromatic heterocycles. The second kappa shape index (κ2) is 5.51. The van der Waals surface area contributed by atoms with E-state index < -0.39 is 0 Å². The molecule has 1 aromatic carbocycles. The third-order valence-corrected chi connectivity index (χ3v) is 4.00. The molecule has 4 nitrogen and oxygen atoms in total. The Hall–Kier alpha value is -1.83. The number of rotatable bonds is 3. The Bertz CT molecular complexity index is 748. The molecule has 1 aliphatic rings. The Morgan fingerprint density at radius 2 is 2.05 bits per heavy atom. The molecule has 1 saturated carbocycles.